The van der Waals surface area contributed by atoms with Gasteiger partial charge in [0.15, 0.2) is 11.5 Å². The molecule has 0 saturated heterocycles. The Kier molecular flexibility index (Phi) is 7.77. The number of halogens is 1. The highest BCUT2D eigenvalue weighted by Crippen LogP contribution is 2.30. The van der Waals surface area contributed by atoms with E-state index < -0.39 is 10.8 Å². The highest BCUT2D eigenvalue weighted by molar-refractivity contribution is 6.34. The van der Waals surface area contributed by atoms with Crippen molar-refractivity contribution in [2.45, 2.75) is 13.5 Å². The molecule has 0 spiro atoms. The molecule has 0 aliphatic heterocycles. The molecule has 0 atom stereocenters. The monoisotopic (exact) mass is 503 g/mol. The van der Waals surface area contributed by atoms with E-state index in [0.29, 0.717) is 30.3 Å². The minimum Gasteiger partial charge on any atom is -0.490 e. The van der Waals surface area contributed by atoms with Gasteiger partial charge in [0, 0.05) is 12.1 Å². The SMILES string of the molecule is CCOc1cc(C=NNC(=O)c2ccc([N+](=O)[O-])cc2Cl)ccc1OCc1cccc2ccccc12. The van der Waals surface area contributed by atoms with Crippen LogP contribution in [0.15, 0.2) is 84.0 Å². The first kappa shape index (κ1) is 24.7. The first-order valence-corrected chi connectivity index (χ1v) is 11.5. The molecule has 0 heterocycles. The molecule has 4 aromatic carbocycles. The van der Waals surface area contributed by atoms with Crippen molar-refractivity contribution in [1.82, 2.24) is 5.43 Å². The van der Waals surface area contributed by atoms with Gasteiger partial charge in [0.05, 0.1) is 28.3 Å². The van der Waals surface area contributed by atoms with Gasteiger partial charge in [-0.15, -0.1) is 0 Å². The van der Waals surface area contributed by atoms with Crippen LogP contribution in [-0.4, -0.2) is 23.7 Å². The van der Waals surface area contributed by atoms with E-state index in [-0.39, 0.29) is 16.3 Å². The maximum atomic E-state index is 12.3. The Bertz CT molecular complexity index is 1450. The summed E-state index contributed by atoms with van der Waals surface area (Å²) in [6.45, 7) is 2.70. The number of ether oxygens (including phenoxy) is 2. The molecule has 0 bridgehead atoms. The molecule has 1 N–H and O–H groups in total. The summed E-state index contributed by atoms with van der Waals surface area (Å²) in [4.78, 5) is 22.6. The second-order valence-corrected chi connectivity index (χ2v) is 8.09. The number of rotatable bonds is 9. The number of fused-ring (bicyclic) bond motifs is 1. The number of carbonyl (C=O) groups is 1. The third-order valence-corrected chi connectivity index (χ3v) is 5.63. The van der Waals surface area contributed by atoms with Crippen LogP contribution in [0.1, 0.15) is 28.4 Å². The molecule has 0 fully saturated rings. The van der Waals surface area contributed by atoms with Gasteiger partial charge in [-0.25, -0.2) is 5.43 Å². The molecule has 36 heavy (non-hydrogen) atoms. The summed E-state index contributed by atoms with van der Waals surface area (Å²) < 4.78 is 11.8. The summed E-state index contributed by atoms with van der Waals surface area (Å²) in [6, 6.07) is 23.2. The van der Waals surface area contributed by atoms with E-state index in [4.69, 9.17) is 21.1 Å². The summed E-state index contributed by atoms with van der Waals surface area (Å²) in [5.41, 5.74) is 3.98. The standard InChI is InChI=1S/C27H22ClN3O5/c1-2-35-26-14-18(16-29-30-27(32)23-12-11-21(31(33)34)15-24(23)28)10-13-25(26)36-17-20-8-5-7-19-6-3-4-9-22(19)20/h3-16H,2,17H2,1H3,(H,30,32). The Morgan fingerprint density at radius 1 is 1.03 bits per heavy atom. The van der Waals surface area contributed by atoms with Gasteiger partial charge in [-0.3, -0.25) is 14.9 Å². The lowest BCUT2D eigenvalue weighted by molar-refractivity contribution is -0.384. The molecular formula is C27H22ClN3O5. The average molecular weight is 504 g/mol. The number of benzene rings is 4. The Morgan fingerprint density at radius 2 is 1.83 bits per heavy atom. The second kappa shape index (κ2) is 11.3. The molecule has 1 amide bonds. The number of non-ortho nitro benzene ring substituents is 1. The number of amides is 1. The quantitative estimate of drug-likeness (QED) is 0.168. The number of nitrogens with zero attached hydrogens (tertiary/aromatic N) is 2. The third kappa shape index (κ3) is 5.79. The Hall–Kier alpha value is -4.43. The fourth-order valence-electron chi connectivity index (χ4n) is 3.59. The molecule has 0 aliphatic rings. The van der Waals surface area contributed by atoms with Crippen molar-refractivity contribution < 1.29 is 19.2 Å². The van der Waals surface area contributed by atoms with E-state index in [9.17, 15) is 14.9 Å². The van der Waals surface area contributed by atoms with Crippen molar-refractivity contribution in [3.05, 3.63) is 111 Å². The van der Waals surface area contributed by atoms with E-state index >= 15 is 0 Å². The first-order valence-electron chi connectivity index (χ1n) is 11.1. The Morgan fingerprint density at radius 3 is 2.61 bits per heavy atom. The highest BCUT2D eigenvalue weighted by Gasteiger charge is 2.14. The number of nitrogens with one attached hydrogen (secondary N) is 1. The lowest BCUT2D eigenvalue weighted by Crippen LogP contribution is -2.18. The summed E-state index contributed by atoms with van der Waals surface area (Å²) >= 11 is 6.00. The largest absolute Gasteiger partial charge is 0.490 e. The normalized spacial score (nSPS) is 10.9. The van der Waals surface area contributed by atoms with Crippen molar-refractivity contribution in [3.8, 4) is 11.5 Å². The minimum absolute atomic E-state index is 0.0387. The number of hydrazone groups is 1. The van der Waals surface area contributed by atoms with Gasteiger partial charge in [-0.05, 0) is 53.1 Å². The van der Waals surface area contributed by atoms with E-state index in [1.54, 1.807) is 18.2 Å². The highest BCUT2D eigenvalue weighted by atomic mass is 35.5. The minimum atomic E-state index is -0.591. The Balaban J connectivity index is 1.45. The van der Waals surface area contributed by atoms with E-state index in [1.165, 1.54) is 18.3 Å². The van der Waals surface area contributed by atoms with Crippen LogP contribution in [0.4, 0.5) is 5.69 Å². The number of carbonyl (C=O) groups excluding carboxylic acids is 1. The van der Waals surface area contributed by atoms with Crippen LogP contribution < -0.4 is 14.9 Å². The van der Waals surface area contributed by atoms with Gasteiger partial charge < -0.3 is 9.47 Å². The molecule has 4 rings (SSSR count). The molecule has 0 aliphatic carbocycles. The van der Waals surface area contributed by atoms with Gasteiger partial charge >= 0.3 is 0 Å². The van der Waals surface area contributed by atoms with E-state index in [1.807, 2.05) is 31.2 Å². The molecule has 0 saturated carbocycles. The predicted molar refractivity (Wildman–Crippen MR) is 139 cm³/mol. The van der Waals surface area contributed by atoms with Gasteiger partial charge in [0.2, 0.25) is 0 Å². The Labute approximate surface area is 212 Å². The molecule has 8 nitrogen and oxygen atoms in total. The van der Waals surface area contributed by atoms with Crippen LogP contribution in [0.5, 0.6) is 11.5 Å². The van der Waals surface area contributed by atoms with Crippen LogP contribution >= 0.6 is 11.6 Å². The molecule has 9 heteroatoms. The number of hydrogen-bond donors (Lipinski definition) is 1. The molecule has 0 unspecified atom stereocenters. The summed E-state index contributed by atoms with van der Waals surface area (Å²) in [6.07, 6.45) is 1.45. The van der Waals surface area contributed by atoms with Crippen LogP contribution in [0.2, 0.25) is 5.02 Å². The lowest BCUT2D eigenvalue weighted by Gasteiger charge is -2.13. The van der Waals surface area contributed by atoms with Crippen molar-refractivity contribution >= 4 is 40.2 Å². The molecule has 4 aromatic rings. The molecule has 182 valence electrons. The summed E-state index contributed by atoms with van der Waals surface area (Å²) in [7, 11) is 0. The van der Waals surface area contributed by atoms with Crippen LogP contribution in [0.3, 0.4) is 0 Å². The van der Waals surface area contributed by atoms with Crippen molar-refractivity contribution in [2.24, 2.45) is 5.10 Å². The zero-order valence-electron chi connectivity index (χ0n) is 19.3. The number of nitro benzene ring substituents is 1. The maximum Gasteiger partial charge on any atom is 0.272 e. The number of hydrogen-bond acceptors (Lipinski definition) is 6. The van der Waals surface area contributed by atoms with E-state index in [0.717, 1.165) is 22.4 Å². The molecule has 0 radical (unpaired) electrons. The topological polar surface area (TPSA) is 103 Å². The maximum absolute atomic E-state index is 12.3. The smallest absolute Gasteiger partial charge is 0.272 e. The van der Waals surface area contributed by atoms with Crippen LogP contribution in [0.25, 0.3) is 10.8 Å². The lowest BCUT2D eigenvalue weighted by atomic mass is 10.1. The third-order valence-electron chi connectivity index (χ3n) is 5.32. The fourth-order valence-corrected chi connectivity index (χ4v) is 3.85. The molecule has 0 aromatic heterocycles. The van der Waals surface area contributed by atoms with Gasteiger partial charge in [-0.1, -0.05) is 54.1 Å². The number of nitro groups is 1. The molecular weight excluding hydrogens is 482 g/mol. The summed E-state index contributed by atoms with van der Waals surface area (Å²) in [5.74, 6) is 0.543. The average Bonchev–Trinajstić information content (AvgIpc) is 2.88. The van der Waals surface area contributed by atoms with Crippen molar-refractivity contribution in [3.63, 3.8) is 0 Å². The van der Waals surface area contributed by atoms with Gasteiger partial charge in [-0.2, -0.15) is 5.10 Å². The van der Waals surface area contributed by atoms with Crippen LogP contribution in [0, 0.1) is 10.1 Å². The van der Waals surface area contributed by atoms with Crippen molar-refractivity contribution in [2.75, 3.05) is 6.61 Å². The summed E-state index contributed by atoms with van der Waals surface area (Å²) in [5, 5.41) is 17.0. The van der Waals surface area contributed by atoms with E-state index in [2.05, 4.69) is 28.7 Å². The fraction of sp³-hybridized carbons (Fsp3) is 0.111. The van der Waals surface area contributed by atoms with Gasteiger partial charge in [0.25, 0.3) is 11.6 Å². The zero-order valence-corrected chi connectivity index (χ0v) is 20.1. The second-order valence-electron chi connectivity index (χ2n) is 7.69. The van der Waals surface area contributed by atoms with Gasteiger partial charge in [0.1, 0.15) is 6.61 Å². The van der Waals surface area contributed by atoms with Crippen molar-refractivity contribution in [1.29, 1.82) is 0 Å². The van der Waals surface area contributed by atoms with Crippen LogP contribution in [-0.2, 0) is 6.61 Å². The predicted octanol–water partition coefficient (Wildman–Crippen LogP) is 6.14. The first-order chi connectivity index (χ1) is 17.5. The zero-order chi connectivity index (χ0) is 25.5.